The van der Waals surface area contributed by atoms with Gasteiger partial charge in [-0.1, -0.05) is 61.9 Å². The van der Waals surface area contributed by atoms with Gasteiger partial charge in [-0.15, -0.1) is 0 Å². The normalized spacial score (nSPS) is 32.7. The van der Waals surface area contributed by atoms with E-state index < -0.39 is 63.4 Å². The van der Waals surface area contributed by atoms with Crippen LogP contribution in [0.4, 0.5) is 5.69 Å². The summed E-state index contributed by atoms with van der Waals surface area (Å²) in [5, 5.41) is 29.8. The van der Waals surface area contributed by atoms with E-state index in [1.54, 1.807) is 55.6 Å². The molecular weight excluding hydrogens is 734 g/mol. The van der Waals surface area contributed by atoms with E-state index in [2.05, 4.69) is 17.1 Å². The van der Waals surface area contributed by atoms with Gasteiger partial charge >= 0.3 is 11.9 Å². The fourth-order valence-corrected chi connectivity index (χ4v) is 10.8. The van der Waals surface area contributed by atoms with E-state index in [0.29, 0.717) is 46.3 Å². The number of carbonyl (C=O) groups excluding carboxylic acids is 2. The second-order valence-electron chi connectivity index (χ2n) is 16.0. The summed E-state index contributed by atoms with van der Waals surface area (Å²) >= 11 is 6.47. The van der Waals surface area contributed by atoms with Crippen molar-refractivity contribution in [2.45, 2.75) is 107 Å². The Morgan fingerprint density at radius 1 is 1.09 bits per heavy atom. The Bertz CT molecular complexity index is 1860. The molecule has 12 nitrogen and oxygen atoms in total. The third-order valence-electron chi connectivity index (χ3n) is 12.2. The van der Waals surface area contributed by atoms with Crippen LogP contribution in [0.15, 0.2) is 65.1 Å². The lowest BCUT2D eigenvalue weighted by atomic mass is 9.55. The van der Waals surface area contributed by atoms with Gasteiger partial charge in [-0.2, -0.15) is 0 Å². The van der Waals surface area contributed by atoms with Crippen LogP contribution in [0.1, 0.15) is 66.4 Å². The van der Waals surface area contributed by atoms with E-state index in [-0.39, 0.29) is 36.0 Å². The van der Waals surface area contributed by atoms with Gasteiger partial charge in [0.1, 0.15) is 17.2 Å². The van der Waals surface area contributed by atoms with E-state index in [1.807, 2.05) is 33.8 Å². The van der Waals surface area contributed by atoms with Crippen LogP contribution in [0.2, 0.25) is 5.02 Å². The minimum atomic E-state index is -3.48. The molecule has 6 rings (SSSR count). The maximum atomic E-state index is 14.2. The molecule has 1 saturated carbocycles. The Kier molecular flexibility index (Phi) is 11.6. The lowest BCUT2D eigenvalue weighted by molar-refractivity contribution is -0.225. The molecule has 2 aromatic rings. The zero-order chi connectivity index (χ0) is 39.3. The van der Waals surface area contributed by atoms with Crippen LogP contribution in [0.5, 0.6) is 0 Å². The van der Waals surface area contributed by atoms with Crippen LogP contribution < -0.4 is 10.4 Å². The number of esters is 2. The molecule has 2 aliphatic carbocycles. The van der Waals surface area contributed by atoms with Crippen LogP contribution in [0.3, 0.4) is 0 Å². The number of benzene rings is 2. The third-order valence-corrected chi connectivity index (χ3v) is 14.2. The average molecular weight is 788 g/mol. The number of nitrogens with one attached hydrogen (secondary N) is 1. The second kappa shape index (κ2) is 15.5. The smallest absolute Gasteiger partial charge is 0.323 e. The fraction of sp³-hybridized carbons (Fsp3) is 0.600. The van der Waals surface area contributed by atoms with Crippen molar-refractivity contribution in [1.82, 2.24) is 10.2 Å². The van der Waals surface area contributed by atoms with Crippen LogP contribution in [-0.4, -0.2) is 97.5 Å². The minimum Gasteiger partial charge on any atom is -0.454 e. The summed E-state index contributed by atoms with van der Waals surface area (Å²) in [4.78, 5) is 35.1. The molecule has 0 bridgehead atoms. The molecule has 2 heterocycles. The van der Waals surface area contributed by atoms with Gasteiger partial charge in [0.25, 0.3) is 0 Å². The maximum Gasteiger partial charge on any atom is 0.323 e. The van der Waals surface area contributed by atoms with Crippen molar-refractivity contribution in [3.63, 3.8) is 0 Å². The highest BCUT2D eigenvalue weighted by Gasteiger charge is 2.62. The molecule has 2 aromatic carbocycles. The number of anilines is 1. The molecule has 3 N–H and O–H groups in total. The molecule has 0 spiro atoms. The van der Waals surface area contributed by atoms with Crippen LogP contribution in [0.25, 0.3) is 0 Å². The topological polar surface area (TPSA) is 155 Å². The van der Waals surface area contributed by atoms with Crippen molar-refractivity contribution in [3.05, 3.63) is 70.8 Å². The van der Waals surface area contributed by atoms with Gasteiger partial charge in [0.15, 0.2) is 28.3 Å². The molecule has 14 heteroatoms. The molecule has 2 fully saturated rings. The number of ether oxygens (including phenoxy) is 2. The summed E-state index contributed by atoms with van der Waals surface area (Å²) in [6.07, 6.45) is 0.0516. The molecule has 2 aliphatic heterocycles. The Labute approximate surface area is 323 Å². The molecule has 0 amide bonds. The first-order valence-corrected chi connectivity index (χ1v) is 20.9. The van der Waals surface area contributed by atoms with Crippen molar-refractivity contribution >= 4 is 39.1 Å². The number of hydrogen-bond donors (Lipinski definition) is 3. The van der Waals surface area contributed by atoms with Crippen molar-refractivity contribution in [2.75, 3.05) is 31.0 Å². The SMILES string of the molecule is CC(=O)O[C@@H]1C(C)=C[C@@H]2[C@H](C(C)CN(CCS(=O)(=O)c3ccccc3)C(C)C)CC[C@@H](C)[C@]2(O)[C@H]1OC(=O)[C@@H]1C[C@@]2(O)c3cccc(Cl)c3N(C)O[C@H]2N1. The number of halogens is 1. The molecule has 4 aliphatic rings. The van der Waals surface area contributed by atoms with Gasteiger partial charge < -0.3 is 19.7 Å². The predicted molar refractivity (Wildman–Crippen MR) is 204 cm³/mol. The average Bonchev–Trinajstić information content (AvgIpc) is 3.47. The summed E-state index contributed by atoms with van der Waals surface area (Å²) in [5.74, 6) is -2.17. The first kappa shape index (κ1) is 40.6. The van der Waals surface area contributed by atoms with Crippen molar-refractivity contribution < 1.29 is 42.5 Å². The number of hydroxylamine groups is 1. The molecule has 1 unspecified atom stereocenters. The number of hydrogen-bond acceptors (Lipinski definition) is 12. The zero-order valence-corrected chi connectivity index (χ0v) is 33.6. The highest BCUT2D eigenvalue weighted by molar-refractivity contribution is 7.91. The van der Waals surface area contributed by atoms with E-state index in [1.165, 1.54) is 12.0 Å². The number of fused-ring (bicyclic) bond motifs is 4. The largest absolute Gasteiger partial charge is 0.454 e. The molecule has 54 heavy (non-hydrogen) atoms. The van der Waals surface area contributed by atoms with Gasteiger partial charge in [0, 0.05) is 51.0 Å². The van der Waals surface area contributed by atoms with Crippen LogP contribution in [-0.2, 0) is 39.3 Å². The highest BCUT2D eigenvalue weighted by atomic mass is 35.5. The zero-order valence-electron chi connectivity index (χ0n) is 32.1. The Morgan fingerprint density at radius 2 is 1.80 bits per heavy atom. The van der Waals surface area contributed by atoms with Gasteiger partial charge in [0.2, 0.25) is 0 Å². The van der Waals surface area contributed by atoms with Crippen molar-refractivity contribution in [1.29, 1.82) is 0 Å². The van der Waals surface area contributed by atoms with Crippen molar-refractivity contribution in [3.8, 4) is 0 Å². The Morgan fingerprint density at radius 3 is 2.46 bits per heavy atom. The summed E-state index contributed by atoms with van der Waals surface area (Å²) < 4.78 is 38.4. The lowest BCUT2D eigenvalue weighted by Crippen LogP contribution is -2.66. The second-order valence-corrected chi connectivity index (χ2v) is 18.5. The van der Waals surface area contributed by atoms with Gasteiger partial charge in [-0.25, -0.2) is 8.42 Å². The van der Waals surface area contributed by atoms with Gasteiger partial charge in [0.05, 0.1) is 21.4 Å². The maximum absolute atomic E-state index is 14.2. The summed E-state index contributed by atoms with van der Waals surface area (Å²) in [6.45, 7) is 12.2. The quantitative estimate of drug-likeness (QED) is 0.215. The minimum absolute atomic E-state index is 0.0106. The number of rotatable bonds is 11. The van der Waals surface area contributed by atoms with Gasteiger partial charge in [-0.3, -0.25) is 29.7 Å². The van der Waals surface area contributed by atoms with E-state index in [0.717, 1.165) is 6.42 Å². The number of carbonyl (C=O) groups is 2. The van der Waals surface area contributed by atoms with Gasteiger partial charge in [-0.05, 0) is 75.1 Å². The highest BCUT2D eigenvalue weighted by Crippen LogP contribution is 2.53. The first-order chi connectivity index (χ1) is 25.4. The standard InChI is InChI=1S/C40H54ClN3O9S/c1-23(2)44(18-19-54(49,50)28-12-9-8-10-13-28)22-25(4)29-17-16-26(5)40(48)31(29)20-24(3)35(51-27(6)45)36(40)52-37(46)33-21-39(47)30-14-11-15-32(41)34(30)43(7)53-38(39)42-33/h8-15,20,23,25-26,29,31,33,35-36,38,42,47-48H,16-19,21-22H2,1-7H3/t25?,26-,29+,31-,33+,35-,36+,38-,39-,40-/m1/s1. The van der Waals surface area contributed by atoms with Crippen LogP contribution >= 0.6 is 11.6 Å². The molecule has 0 aromatic heterocycles. The Balaban J connectivity index is 1.25. The molecular formula is C40H54ClN3O9S. The number of nitrogens with zero attached hydrogens (tertiary/aromatic N) is 2. The fourth-order valence-electron chi connectivity index (χ4n) is 9.21. The third kappa shape index (κ3) is 7.45. The van der Waals surface area contributed by atoms with Crippen molar-refractivity contribution in [2.24, 2.45) is 23.7 Å². The number of sulfone groups is 1. The van der Waals surface area contributed by atoms with E-state index in [4.69, 9.17) is 25.9 Å². The monoisotopic (exact) mass is 787 g/mol. The van der Waals surface area contributed by atoms with E-state index in [9.17, 15) is 28.2 Å². The van der Waals surface area contributed by atoms with E-state index >= 15 is 0 Å². The predicted octanol–water partition coefficient (Wildman–Crippen LogP) is 4.61. The molecule has 296 valence electrons. The first-order valence-electron chi connectivity index (χ1n) is 18.9. The number of para-hydroxylation sites is 1. The number of aliphatic hydroxyl groups is 2. The summed E-state index contributed by atoms with van der Waals surface area (Å²) in [5.41, 5.74) is -1.53. The molecule has 10 atom stereocenters. The molecule has 0 radical (unpaired) electrons. The summed E-state index contributed by atoms with van der Waals surface area (Å²) in [6, 6.07) is 12.7. The lowest BCUT2D eigenvalue weighted by Gasteiger charge is -2.56. The molecule has 1 saturated heterocycles. The Hall–Kier alpha value is -3.04. The van der Waals surface area contributed by atoms with Crippen LogP contribution in [0, 0.1) is 23.7 Å². The summed E-state index contributed by atoms with van der Waals surface area (Å²) in [7, 11) is -1.81.